The van der Waals surface area contributed by atoms with E-state index in [1.807, 2.05) is 36.4 Å². The maximum absolute atomic E-state index is 13.0. The van der Waals surface area contributed by atoms with Gasteiger partial charge in [0.15, 0.2) is 0 Å². The molecule has 0 aliphatic carbocycles. The highest BCUT2D eigenvalue weighted by Crippen LogP contribution is 2.44. The Morgan fingerprint density at radius 2 is 1.24 bits per heavy atom. The Morgan fingerprint density at radius 1 is 0.882 bits per heavy atom. The minimum absolute atomic E-state index is 0.621. The first-order chi connectivity index (χ1) is 8.15. The van der Waals surface area contributed by atoms with Crippen LogP contribution in [-0.4, -0.2) is 17.1 Å². The molecule has 1 N–H and O–H groups in total. The van der Waals surface area contributed by atoms with Crippen LogP contribution in [0, 0.1) is 0 Å². The number of hydroxylamine groups is 1. The minimum atomic E-state index is -3.11. The van der Waals surface area contributed by atoms with Gasteiger partial charge in [-0.15, -0.1) is 4.83 Å². The predicted octanol–water partition coefficient (Wildman–Crippen LogP) is 2.24. The second kappa shape index (κ2) is 4.84. The number of rotatable bonds is 3. The van der Waals surface area contributed by atoms with Crippen molar-refractivity contribution < 1.29 is 9.77 Å². The lowest BCUT2D eigenvalue weighted by atomic mass is 10.4. The lowest BCUT2D eigenvalue weighted by Crippen LogP contribution is -2.27. The van der Waals surface area contributed by atoms with E-state index in [1.54, 1.807) is 24.3 Å². The van der Waals surface area contributed by atoms with Crippen LogP contribution in [0.15, 0.2) is 60.7 Å². The van der Waals surface area contributed by atoms with Crippen LogP contribution < -0.4 is 10.6 Å². The lowest BCUT2D eigenvalue weighted by Gasteiger charge is -2.23. The Balaban J connectivity index is 2.60. The molecule has 0 aliphatic rings. The molecule has 17 heavy (non-hydrogen) atoms. The summed E-state index contributed by atoms with van der Waals surface area (Å²) in [4.78, 5) is 0.817. The second-order valence-corrected chi connectivity index (χ2v) is 6.50. The van der Waals surface area contributed by atoms with E-state index in [-0.39, 0.29) is 0 Å². The monoisotopic (exact) mass is 247 g/mol. The fraction of sp³-hybridized carbons (Fsp3) is 0.0769. The van der Waals surface area contributed by atoms with Crippen molar-refractivity contribution in [3.8, 4) is 0 Å². The third kappa shape index (κ3) is 2.18. The van der Waals surface area contributed by atoms with Gasteiger partial charge in [-0.05, 0) is 24.3 Å². The molecule has 3 nitrogen and oxygen atoms in total. The van der Waals surface area contributed by atoms with Gasteiger partial charge in [0.1, 0.15) is 0 Å². The summed E-state index contributed by atoms with van der Waals surface area (Å²) in [6.07, 6.45) is 0. The van der Waals surface area contributed by atoms with Gasteiger partial charge in [0.2, 0.25) is 7.29 Å². The van der Waals surface area contributed by atoms with Crippen LogP contribution in [0.3, 0.4) is 0 Å². The van der Waals surface area contributed by atoms with Crippen molar-refractivity contribution >= 4 is 17.9 Å². The molecule has 0 aliphatic heterocycles. The van der Waals surface area contributed by atoms with Gasteiger partial charge >= 0.3 is 0 Å². The fourth-order valence-corrected chi connectivity index (χ4v) is 3.86. The standard InChI is InChI=1S/C13H14NO2P/c1-14(15)17(16,12-8-4-2-5-9-12)13-10-6-3-7-11-13/h2-11,15H,1H3. The first-order valence-electron chi connectivity index (χ1n) is 5.30. The predicted molar refractivity (Wildman–Crippen MR) is 69.3 cm³/mol. The highest BCUT2D eigenvalue weighted by Gasteiger charge is 2.31. The van der Waals surface area contributed by atoms with Gasteiger partial charge in [-0.3, -0.25) is 4.57 Å². The molecule has 0 atom stereocenters. The van der Waals surface area contributed by atoms with E-state index in [4.69, 9.17) is 0 Å². The molecule has 0 spiro atoms. The summed E-state index contributed by atoms with van der Waals surface area (Å²) in [6.45, 7) is 0. The Bertz CT molecular complexity index is 482. The zero-order valence-electron chi connectivity index (χ0n) is 9.52. The van der Waals surface area contributed by atoms with Crippen molar-refractivity contribution in [3.63, 3.8) is 0 Å². The zero-order chi connectivity index (χ0) is 12.3. The fourth-order valence-electron chi connectivity index (χ4n) is 1.74. The highest BCUT2D eigenvalue weighted by atomic mass is 31.2. The Kier molecular flexibility index (Phi) is 3.43. The number of benzene rings is 2. The van der Waals surface area contributed by atoms with Gasteiger partial charge in [0.25, 0.3) is 0 Å². The number of hydrogen-bond donors (Lipinski definition) is 1. The van der Waals surface area contributed by atoms with Crippen LogP contribution in [0.1, 0.15) is 0 Å². The van der Waals surface area contributed by atoms with Crippen LogP contribution in [0.2, 0.25) is 0 Å². The second-order valence-electron chi connectivity index (χ2n) is 3.74. The molecule has 88 valence electrons. The van der Waals surface area contributed by atoms with Crippen LogP contribution >= 0.6 is 7.29 Å². The molecule has 0 saturated carbocycles. The smallest absolute Gasteiger partial charge is 0.228 e. The Hall–Kier alpha value is -1.41. The minimum Gasteiger partial charge on any atom is -0.307 e. The first kappa shape index (κ1) is 12.1. The van der Waals surface area contributed by atoms with Crippen LogP contribution in [-0.2, 0) is 4.57 Å². The third-order valence-corrected chi connectivity index (χ3v) is 5.43. The van der Waals surface area contributed by atoms with Crippen LogP contribution in [0.5, 0.6) is 0 Å². The summed E-state index contributed by atoms with van der Waals surface area (Å²) < 4.78 is 13.0. The van der Waals surface area contributed by atoms with Crippen molar-refractivity contribution in [1.82, 2.24) is 4.83 Å². The van der Waals surface area contributed by atoms with E-state index in [2.05, 4.69) is 0 Å². The molecule has 0 amide bonds. The number of hydrogen-bond acceptors (Lipinski definition) is 2. The van der Waals surface area contributed by atoms with Gasteiger partial charge in [-0.25, -0.2) is 0 Å². The van der Waals surface area contributed by atoms with Crippen LogP contribution in [0.4, 0.5) is 0 Å². The van der Waals surface area contributed by atoms with Crippen LogP contribution in [0.25, 0.3) is 0 Å². The van der Waals surface area contributed by atoms with Gasteiger partial charge in [-0.2, -0.15) is 0 Å². The Labute approximate surface area is 101 Å². The van der Waals surface area contributed by atoms with E-state index in [9.17, 15) is 9.77 Å². The largest absolute Gasteiger partial charge is 0.307 e. The molecule has 2 aromatic rings. The molecule has 0 heterocycles. The highest BCUT2D eigenvalue weighted by molar-refractivity contribution is 7.76. The van der Waals surface area contributed by atoms with Crippen molar-refractivity contribution in [2.45, 2.75) is 0 Å². The molecular weight excluding hydrogens is 233 g/mol. The van der Waals surface area contributed by atoms with E-state index < -0.39 is 7.29 Å². The maximum Gasteiger partial charge on any atom is 0.228 e. The molecule has 0 bridgehead atoms. The van der Waals surface area contributed by atoms with E-state index in [0.717, 1.165) is 4.83 Å². The molecule has 0 radical (unpaired) electrons. The Morgan fingerprint density at radius 3 is 1.53 bits per heavy atom. The average molecular weight is 247 g/mol. The lowest BCUT2D eigenvalue weighted by molar-refractivity contribution is 0.0313. The third-order valence-electron chi connectivity index (χ3n) is 2.62. The van der Waals surface area contributed by atoms with E-state index >= 15 is 0 Å². The van der Waals surface area contributed by atoms with Crippen molar-refractivity contribution in [3.05, 3.63) is 60.7 Å². The van der Waals surface area contributed by atoms with Crippen molar-refractivity contribution in [2.75, 3.05) is 7.05 Å². The van der Waals surface area contributed by atoms with E-state index in [0.29, 0.717) is 10.6 Å². The quantitative estimate of drug-likeness (QED) is 0.668. The molecule has 2 rings (SSSR count). The van der Waals surface area contributed by atoms with Crippen molar-refractivity contribution in [1.29, 1.82) is 0 Å². The van der Waals surface area contributed by atoms with Gasteiger partial charge in [0.05, 0.1) is 0 Å². The molecule has 0 saturated heterocycles. The summed E-state index contributed by atoms with van der Waals surface area (Å²) in [6, 6.07) is 18.0. The van der Waals surface area contributed by atoms with Gasteiger partial charge in [-0.1, -0.05) is 36.4 Å². The van der Waals surface area contributed by atoms with Crippen molar-refractivity contribution in [2.24, 2.45) is 0 Å². The SMILES string of the molecule is CN(O)P(=O)(c1ccccc1)c1ccccc1. The molecule has 0 unspecified atom stereocenters. The number of nitrogens with zero attached hydrogens (tertiary/aromatic N) is 1. The molecule has 4 heteroatoms. The molecule has 2 aromatic carbocycles. The molecule has 0 aromatic heterocycles. The van der Waals surface area contributed by atoms with Gasteiger partial charge < -0.3 is 5.21 Å². The topological polar surface area (TPSA) is 40.5 Å². The summed E-state index contributed by atoms with van der Waals surface area (Å²) in [7, 11) is -1.69. The molecular formula is C13H14NO2P. The summed E-state index contributed by atoms with van der Waals surface area (Å²) in [5, 5.41) is 11.0. The van der Waals surface area contributed by atoms with Gasteiger partial charge in [0, 0.05) is 17.7 Å². The normalized spacial score (nSPS) is 11.7. The summed E-state index contributed by atoms with van der Waals surface area (Å²) >= 11 is 0. The average Bonchev–Trinajstić information content (AvgIpc) is 2.39. The summed E-state index contributed by atoms with van der Waals surface area (Å²) in [5.74, 6) is 0. The first-order valence-corrected chi connectivity index (χ1v) is 6.96. The van der Waals surface area contributed by atoms with E-state index in [1.165, 1.54) is 7.05 Å². The zero-order valence-corrected chi connectivity index (χ0v) is 10.4. The molecule has 0 fully saturated rings. The summed E-state index contributed by atoms with van der Waals surface area (Å²) in [5.41, 5.74) is 0. The maximum atomic E-state index is 13.0.